The number of halogens is 5. The van der Waals surface area contributed by atoms with Gasteiger partial charge in [-0.05, 0) is 5.56 Å². The quantitative estimate of drug-likeness (QED) is 0.619. The normalized spacial score (nSPS) is 18.8. The van der Waals surface area contributed by atoms with Gasteiger partial charge in [-0.3, -0.25) is 4.90 Å². The van der Waals surface area contributed by atoms with E-state index in [0.29, 0.717) is 17.4 Å². The average Bonchev–Trinajstić information content (AvgIpc) is 2.51. The maximum atomic E-state index is 12.9. The number of alkyl halides is 2. The van der Waals surface area contributed by atoms with Gasteiger partial charge in [0.2, 0.25) is 0 Å². The number of hydrogen-bond donors (Lipinski definition) is 0. The summed E-state index contributed by atoms with van der Waals surface area (Å²) < 4.78 is 61.5. The van der Waals surface area contributed by atoms with Gasteiger partial charge in [-0.25, -0.2) is 8.78 Å². The van der Waals surface area contributed by atoms with Crippen molar-refractivity contribution in [2.24, 2.45) is 0 Å². The van der Waals surface area contributed by atoms with Crippen molar-refractivity contribution in [2.45, 2.75) is 39.2 Å². The van der Waals surface area contributed by atoms with Crippen LogP contribution in [0.5, 0.6) is 0 Å². The minimum atomic E-state index is -4.93. The van der Waals surface area contributed by atoms with Crippen LogP contribution in [0.4, 0.5) is 20.4 Å². The predicted molar refractivity (Wildman–Crippen MR) is 89.7 cm³/mol. The molecule has 0 aromatic heterocycles. The van der Waals surface area contributed by atoms with Crippen LogP contribution in [0.1, 0.15) is 32.3 Å². The summed E-state index contributed by atoms with van der Waals surface area (Å²) in [7, 11) is 0. The number of benzene rings is 1. The zero-order chi connectivity index (χ0) is 18.2. The van der Waals surface area contributed by atoms with E-state index < -0.39 is 17.3 Å². The summed E-state index contributed by atoms with van der Waals surface area (Å²) in [6.45, 7) is 4.93. The van der Waals surface area contributed by atoms with E-state index in [2.05, 4.69) is 4.90 Å². The maximum Gasteiger partial charge on any atom is 0.278 e. The average molecular weight is 372 g/mol. The second-order valence-electron chi connectivity index (χ2n) is 5.61. The zero-order valence-corrected chi connectivity index (χ0v) is 14.8. The van der Waals surface area contributed by atoms with Crippen LogP contribution in [-0.4, -0.2) is 41.3 Å². The van der Waals surface area contributed by atoms with Crippen LogP contribution in [-0.2, 0) is 6.54 Å². The van der Waals surface area contributed by atoms with Crippen molar-refractivity contribution in [3.05, 3.63) is 35.9 Å². The molecule has 0 saturated carbocycles. The molecule has 24 heavy (non-hydrogen) atoms. The molecule has 1 aromatic carbocycles. The molecule has 0 amide bonds. The molecule has 8 heteroatoms. The van der Waals surface area contributed by atoms with Crippen LogP contribution in [0.25, 0.3) is 0 Å². The van der Waals surface area contributed by atoms with Crippen molar-refractivity contribution >= 4 is 11.4 Å². The van der Waals surface area contributed by atoms with E-state index in [1.54, 1.807) is 0 Å². The molecule has 0 atom stereocenters. The van der Waals surface area contributed by atoms with Gasteiger partial charge in [-0.15, -0.1) is 11.7 Å². The standard InChI is InChI=1S/C12H15F2N.C4H10F3NS/c13-12(14)6-8-15(9-7-12)10-11-4-2-1-3-5-11;1-3-8(4-2)9(5,6)7/h1-5H,6-10H2;3-4H2,1-2H3. The van der Waals surface area contributed by atoms with Gasteiger partial charge in [0.25, 0.3) is 17.3 Å². The number of rotatable bonds is 5. The Balaban J connectivity index is 0.000000277. The largest absolute Gasteiger partial charge is 0.299 e. The van der Waals surface area contributed by atoms with Gasteiger partial charge in [-0.1, -0.05) is 44.2 Å². The lowest BCUT2D eigenvalue weighted by Crippen LogP contribution is -2.38. The van der Waals surface area contributed by atoms with Crippen molar-refractivity contribution in [3.63, 3.8) is 0 Å². The predicted octanol–water partition coefficient (Wildman–Crippen LogP) is 5.62. The summed E-state index contributed by atoms with van der Waals surface area (Å²) in [4.78, 5) is 2.09. The van der Waals surface area contributed by atoms with E-state index in [9.17, 15) is 20.4 Å². The first-order valence-electron chi connectivity index (χ1n) is 7.99. The molecule has 1 fully saturated rings. The molecule has 0 aliphatic carbocycles. The Labute approximate surface area is 143 Å². The number of likely N-dealkylation sites (tertiary alicyclic amines) is 1. The Hall–Kier alpha value is -0.860. The smallest absolute Gasteiger partial charge is 0.278 e. The highest BCUT2D eigenvalue weighted by atomic mass is 32.3. The van der Waals surface area contributed by atoms with Gasteiger partial charge in [-0.2, -0.15) is 4.31 Å². The van der Waals surface area contributed by atoms with Crippen molar-refractivity contribution in [3.8, 4) is 0 Å². The van der Waals surface area contributed by atoms with Gasteiger partial charge >= 0.3 is 0 Å². The highest BCUT2D eigenvalue weighted by molar-refractivity contribution is 8.18. The van der Waals surface area contributed by atoms with Crippen LogP contribution in [0.3, 0.4) is 0 Å². The minimum absolute atomic E-state index is 0.000165. The molecule has 0 radical (unpaired) electrons. The molecule has 1 heterocycles. The third-order valence-corrected chi connectivity index (χ3v) is 4.94. The second-order valence-corrected chi connectivity index (χ2v) is 6.89. The lowest BCUT2D eigenvalue weighted by molar-refractivity contribution is -0.0566. The van der Waals surface area contributed by atoms with Crippen molar-refractivity contribution in [2.75, 3.05) is 26.2 Å². The summed E-state index contributed by atoms with van der Waals surface area (Å²) in [6, 6.07) is 10.00. The first kappa shape index (κ1) is 21.2. The van der Waals surface area contributed by atoms with Crippen LogP contribution < -0.4 is 0 Å². The molecule has 1 saturated heterocycles. The Kier molecular flexibility index (Phi) is 8.45. The molecule has 0 bridgehead atoms. The lowest BCUT2D eigenvalue weighted by atomic mass is 10.1. The fourth-order valence-corrected chi connectivity index (χ4v) is 2.98. The molecule has 0 N–H and O–H groups in total. The SMILES string of the molecule is CCN(CC)S(F)(F)F.FC1(F)CCN(Cc2ccccc2)CC1. The molecule has 1 aromatic rings. The van der Waals surface area contributed by atoms with Gasteiger partial charge in [0.15, 0.2) is 0 Å². The van der Waals surface area contributed by atoms with E-state index in [0.717, 1.165) is 6.54 Å². The summed E-state index contributed by atoms with van der Waals surface area (Å²) in [5, 5.41) is 0. The molecule has 2 nitrogen and oxygen atoms in total. The van der Waals surface area contributed by atoms with Crippen LogP contribution in [0, 0.1) is 0 Å². The molecule has 140 valence electrons. The fraction of sp³-hybridized carbons (Fsp3) is 0.625. The zero-order valence-electron chi connectivity index (χ0n) is 14.0. The third-order valence-electron chi connectivity index (χ3n) is 3.83. The molecule has 1 aliphatic heterocycles. The van der Waals surface area contributed by atoms with E-state index in [4.69, 9.17) is 0 Å². The van der Waals surface area contributed by atoms with Crippen molar-refractivity contribution in [1.82, 2.24) is 9.21 Å². The second kappa shape index (κ2) is 9.58. The first-order chi connectivity index (χ1) is 11.2. The monoisotopic (exact) mass is 372 g/mol. The van der Waals surface area contributed by atoms with Gasteiger partial charge in [0.05, 0.1) is 0 Å². The Morgan fingerprint density at radius 2 is 1.50 bits per heavy atom. The summed E-state index contributed by atoms with van der Waals surface area (Å²) in [5.74, 6) is -2.44. The topological polar surface area (TPSA) is 6.48 Å². The van der Waals surface area contributed by atoms with Crippen LogP contribution >= 0.6 is 11.4 Å². The number of hydrogen-bond acceptors (Lipinski definition) is 2. The van der Waals surface area contributed by atoms with Crippen molar-refractivity contribution in [1.29, 1.82) is 0 Å². The van der Waals surface area contributed by atoms with Gasteiger partial charge in [0.1, 0.15) is 0 Å². The highest BCUT2D eigenvalue weighted by Gasteiger charge is 2.33. The van der Waals surface area contributed by atoms with Gasteiger partial charge < -0.3 is 0 Å². The molecule has 1 aliphatic rings. The van der Waals surface area contributed by atoms with E-state index in [1.807, 2.05) is 30.3 Å². The third kappa shape index (κ3) is 7.81. The van der Waals surface area contributed by atoms with Crippen LogP contribution in [0.15, 0.2) is 30.3 Å². The summed E-state index contributed by atoms with van der Waals surface area (Å²) >= 11 is -4.93. The minimum Gasteiger partial charge on any atom is -0.299 e. The van der Waals surface area contributed by atoms with Gasteiger partial charge in [0, 0.05) is 45.6 Å². The van der Waals surface area contributed by atoms with E-state index in [-0.39, 0.29) is 25.9 Å². The summed E-state index contributed by atoms with van der Waals surface area (Å²) in [6.07, 6.45) is -0.000330. The van der Waals surface area contributed by atoms with E-state index >= 15 is 0 Å². The molecule has 2 rings (SSSR count). The molecule has 0 unspecified atom stereocenters. The Morgan fingerprint density at radius 3 is 1.88 bits per heavy atom. The molecular weight excluding hydrogens is 347 g/mol. The number of piperidine rings is 1. The first-order valence-corrected chi connectivity index (χ1v) is 9.28. The maximum absolute atomic E-state index is 12.9. The Bertz CT molecular complexity index is 453. The highest BCUT2D eigenvalue weighted by Crippen LogP contribution is 2.55. The Morgan fingerprint density at radius 1 is 1.00 bits per heavy atom. The summed E-state index contributed by atoms with van der Waals surface area (Å²) in [5.41, 5.74) is 1.20. The lowest BCUT2D eigenvalue weighted by Gasteiger charge is -2.31. The van der Waals surface area contributed by atoms with Crippen molar-refractivity contribution < 1.29 is 20.4 Å². The molecular formula is C16H25F5N2S. The fourth-order valence-electron chi connectivity index (χ4n) is 2.40. The number of nitrogens with zero attached hydrogens (tertiary/aromatic N) is 2. The van der Waals surface area contributed by atoms with Crippen LogP contribution in [0.2, 0.25) is 0 Å². The molecule has 0 spiro atoms. The van der Waals surface area contributed by atoms with E-state index in [1.165, 1.54) is 19.4 Å².